The first-order chi connectivity index (χ1) is 7.16. The van der Waals surface area contributed by atoms with Crippen molar-refractivity contribution in [2.45, 2.75) is 26.8 Å². The highest BCUT2D eigenvalue weighted by Gasteiger charge is 2.04. The van der Waals surface area contributed by atoms with Crippen molar-refractivity contribution in [1.82, 2.24) is 9.55 Å². The molecule has 0 saturated heterocycles. The van der Waals surface area contributed by atoms with Crippen LogP contribution in [0.25, 0.3) is 0 Å². The number of halogens is 1. The van der Waals surface area contributed by atoms with E-state index in [0.29, 0.717) is 16.7 Å². The van der Waals surface area contributed by atoms with Crippen molar-refractivity contribution in [2.75, 3.05) is 13.2 Å². The van der Waals surface area contributed by atoms with Gasteiger partial charge in [-0.15, -0.1) is 0 Å². The predicted octanol–water partition coefficient (Wildman–Crippen LogP) is 1.58. The molecule has 0 unspecified atom stereocenters. The van der Waals surface area contributed by atoms with Crippen LogP contribution in [0.4, 0.5) is 0 Å². The third-order valence-corrected chi connectivity index (χ3v) is 2.75. The summed E-state index contributed by atoms with van der Waals surface area (Å²) in [4.78, 5) is 15.9. The van der Waals surface area contributed by atoms with Gasteiger partial charge in [-0.05, 0) is 35.9 Å². The Bertz CT molecular complexity index is 376. The molecule has 15 heavy (non-hydrogen) atoms. The molecule has 0 radical (unpaired) electrons. The number of rotatable bonds is 5. The lowest BCUT2D eigenvalue weighted by molar-refractivity contribution is 0.125. The number of hydrogen-bond donors (Lipinski definition) is 0. The predicted molar refractivity (Wildman–Crippen MR) is 67.1 cm³/mol. The lowest BCUT2D eigenvalue weighted by atomic mass is 10.5. The number of hydrogen-bond acceptors (Lipinski definition) is 3. The standard InChI is InChI=1S/C10H15IN2O2/c1-3-5-15-6-4-13-8(2)12-7-9(11)10(13)14/h7H,3-6H2,1-2H3. The summed E-state index contributed by atoms with van der Waals surface area (Å²) in [5.41, 5.74) is 0.0169. The molecular weight excluding hydrogens is 307 g/mol. The molecule has 0 amide bonds. The Morgan fingerprint density at radius 3 is 2.93 bits per heavy atom. The van der Waals surface area contributed by atoms with E-state index in [9.17, 15) is 4.79 Å². The van der Waals surface area contributed by atoms with Gasteiger partial charge in [-0.2, -0.15) is 0 Å². The lowest BCUT2D eigenvalue weighted by Gasteiger charge is -2.09. The van der Waals surface area contributed by atoms with E-state index in [0.717, 1.165) is 18.9 Å². The molecular formula is C10H15IN2O2. The largest absolute Gasteiger partial charge is 0.380 e. The molecule has 0 N–H and O–H groups in total. The third kappa shape index (κ3) is 3.57. The van der Waals surface area contributed by atoms with Crippen LogP contribution in [0.3, 0.4) is 0 Å². The molecule has 0 aromatic carbocycles. The monoisotopic (exact) mass is 322 g/mol. The molecule has 0 atom stereocenters. The quantitative estimate of drug-likeness (QED) is 0.611. The van der Waals surface area contributed by atoms with Gasteiger partial charge >= 0.3 is 0 Å². The molecule has 0 aliphatic heterocycles. The number of aryl methyl sites for hydroxylation is 1. The van der Waals surface area contributed by atoms with Gasteiger partial charge < -0.3 is 4.74 Å². The second-order valence-electron chi connectivity index (χ2n) is 3.22. The Balaban J connectivity index is 2.68. The van der Waals surface area contributed by atoms with Gasteiger partial charge in [0, 0.05) is 12.8 Å². The molecule has 0 bridgehead atoms. The Hall–Kier alpha value is -0.430. The van der Waals surface area contributed by atoms with Gasteiger partial charge in [-0.25, -0.2) is 4.98 Å². The number of ether oxygens (including phenoxy) is 1. The summed E-state index contributed by atoms with van der Waals surface area (Å²) in [7, 11) is 0. The van der Waals surface area contributed by atoms with E-state index in [1.807, 2.05) is 29.5 Å². The fraction of sp³-hybridized carbons (Fsp3) is 0.600. The summed E-state index contributed by atoms with van der Waals surface area (Å²) in [5.74, 6) is 0.737. The fourth-order valence-electron chi connectivity index (χ4n) is 1.22. The summed E-state index contributed by atoms with van der Waals surface area (Å²) >= 11 is 2.00. The van der Waals surface area contributed by atoms with Crippen molar-refractivity contribution in [3.63, 3.8) is 0 Å². The van der Waals surface area contributed by atoms with Crippen LogP contribution in [0.15, 0.2) is 11.0 Å². The second-order valence-corrected chi connectivity index (χ2v) is 4.38. The summed E-state index contributed by atoms with van der Waals surface area (Å²) < 4.78 is 7.64. The molecule has 0 fully saturated rings. The van der Waals surface area contributed by atoms with E-state index in [2.05, 4.69) is 11.9 Å². The van der Waals surface area contributed by atoms with Gasteiger partial charge in [0.15, 0.2) is 0 Å². The molecule has 4 nitrogen and oxygen atoms in total. The highest BCUT2D eigenvalue weighted by molar-refractivity contribution is 14.1. The average Bonchev–Trinajstić information content (AvgIpc) is 2.23. The zero-order valence-electron chi connectivity index (χ0n) is 8.99. The SMILES string of the molecule is CCCOCCn1c(C)ncc(I)c1=O. The van der Waals surface area contributed by atoms with Gasteiger partial charge in [0.25, 0.3) is 5.56 Å². The molecule has 1 rings (SSSR count). The van der Waals surface area contributed by atoms with Crippen LogP contribution in [0.1, 0.15) is 19.2 Å². The van der Waals surface area contributed by atoms with E-state index in [4.69, 9.17) is 4.74 Å². The van der Waals surface area contributed by atoms with Crippen molar-refractivity contribution < 1.29 is 4.74 Å². The van der Waals surface area contributed by atoms with Crippen molar-refractivity contribution in [2.24, 2.45) is 0 Å². The van der Waals surface area contributed by atoms with Gasteiger partial charge in [-0.1, -0.05) is 6.92 Å². The van der Waals surface area contributed by atoms with E-state index in [1.54, 1.807) is 10.8 Å². The molecule has 5 heteroatoms. The average molecular weight is 322 g/mol. The fourth-order valence-corrected chi connectivity index (χ4v) is 1.65. The second kappa shape index (κ2) is 6.22. The van der Waals surface area contributed by atoms with Gasteiger partial charge in [0.05, 0.1) is 16.7 Å². The smallest absolute Gasteiger partial charge is 0.267 e. The van der Waals surface area contributed by atoms with Crippen molar-refractivity contribution in [3.8, 4) is 0 Å². The Morgan fingerprint density at radius 2 is 2.27 bits per heavy atom. The number of aromatic nitrogens is 2. The molecule has 0 aliphatic rings. The minimum absolute atomic E-state index is 0.0169. The van der Waals surface area contributed by atoms with Crippen LogP contribution < -0.4 is 5.56 Å². The molecule has 1 heterocycles. The highest BCUT2D eigenvalue weighted by Crippen LogP contribution is 1.97. The first-order valence-electron chi connectivity index (χ1n) is 4.96. The van der Waals surface area contributed by atoms with E-state index in [1.165, 1.54) is 0 Å². The molecule has 0 saturated carbocycles. The Kier molecular flexibility index (Phi) is 5.24. The summed E-state index contributed by atoms with van der Waals surface area (Å²) in [6.07, 6.45) is 2.60. The van der Waals surface area contributed by atoms with Crippen molar-refractivity contribution >= 4 is 22.6 Å². The maximum atomic E-state index is 11.7. The lowest BCUT2D eigenvalue weighted by Crippen LogP contribution is -2.27. The highest BCUT2D eigenvalue weighted by atomic mass is 127. The summed E-state index contributed by atoms with van der Waals surface area (Å²) in [6, 6.07) is 0. The van der Waals surface area contributed by atoms with Gasteiger partial charge in [0.2, 0.25) is 0 Å². The van der Waals surface area contributed by atoms with Crippen molar-refractivity contribution in [3.05, 3.63) is 25.9 Å². The Morgan fingerprint density at radius 1 is 1.53 bits per heavy atom. The van der Waals surface area contributed by atoms with E-state index in [-0.39, 0.29) is 5.56 Å². The molecule has 84 valence electrons. The van der Waals surface area contributed by atoms with Crippen LogP contribution in [0.2, 0.25) is 0 Å². The Labute approximate surface area is 103 Å². The van der Waals surface area contributed by atoms with E-state index < -0.39 is 0 Å². The molecule has 1 aromatic heterocycles. The first kappa shape index (κ1) is 12.6. The normalized spacial score (nSPS) is 10.6. The zero-order chi connectivity index (χ0) is 11.3. The van der Waals surface area contributed by atoms with Crippen molar-refractivity contribution in [1.29, 1.82) is 0 Å². The van der Waals surface area contributed by atoms with Crippen LogP contribution in [-0.4, -0.2) is 22.8 Å². The van der Waals surface area contributed by atoms with Crippen LogP contribution in [0, 0.1) is 10.5 Å². The van der Waals surface area contributed by atoms with Crippen LogP contribution in [0.5, 0.6) is 0 Å². The van der Waals surface area contributed by atoms with Crippen LogP contribution >= 0.6 is 22.6 Å². The zero-order valence-corrected chi connectivity index (χ0v) is 11.2. The van der Waals surface area contributed by atoms with Gasteiger partial charge in [-0.3, -0.25) is 9.36 Å². The topological polar surface area (TPSA) is 44.1 Å². The van der Waals surface area contributed by atoms with Crippen LogP contribution in [-0.2, 0) is 11.3 Å². The van der Waals surface area contributed by atoms with E-state index >= 15 is 0 Å². The minimum atomic E-state index is 0.0169. The molecule has 0 aliphatic carbocycles. The maximum Gasteiger partial charge on any atom is 0.267 e. The summed E-state index contributed by atoms with van der Waals surface area (Å²) in [6.45, 7) is 5.78. The molecule has 0 spiro atoms. The summed E-state index contributed by atoms with van der Waals surface area (Å²) in [5, 5.41) is 0. The van der Waals surface area contributed by atoms with Gasteiger partial charge in [0.1, 0.15) is 5.82 Å². The third-order valence-electron chi connectivity index (χ3n) is 2.01. The minimum Gasteiger partial charge on any atom is -0.380 e. The maximum absolute atomic E-state index is 11.7. The first-order valence-corrected chi connectivity index (χ1v) is 6.04. The molecule has 1 aromatic rings. The number of nitrogens with zero attached hydrogens (tertiary/aromatic N) is 2.